The van der Waals surface area contributed by atoms with Gasteiger partial charge in [-0.3, -0.25) is 11.3 Å². The van der Waals surface area contributed by atoms with E-state index in [2.05, 4.69) is 41.6 Å². The molecule has 0 radical (unpaired) electrons. The molecule has 0 amide bonds. The van der Waals surface area contributed by atoms with Gasteiger partial charge in [0.05, 0.1) is 0 Å². The van der Waals surface area contributed by atoms with Crippen LogP contribution in [0.2, 0.25) is 0 Å². The Balaban J connectivity index is 2.04. The summed E-state index contributed by atoms with van der Waals surface area (Å²) in [6.45, 7) is 2.09. The van der Waals surface area contributed by atoms with Crippen molar-refractivity contribution in [2.45, 2.75) is 25.8 Å². The van der Waals surface area contributed by atoms with E-state index in [1.807, 2.05) is 24.0 Å². The van der Waals surface area contributed by atoms with Gasteiger partial charge in [0.1, 0.15) is 5.82 Å². The molecule has 0 aliphatic heterocycles. The van der Waals surface area contributed by atoms with Gasteiger partial charge in [-0.1, -0.05) is 29.8 Å². The topological polar surface area (TPSA) is 55.9 Å². The molecule has 2 aromatic rings. The molecule has 0 saturated heterocycles. The molecule has 1 heterocycles. The molecule has 1 atom stereocenters. The van der Waals surface area contributed by atoms with Gasteiger partial charge < -0.3 is 4.57 Å². The van der Waals surface area contributed by atoms with Gasteiger partial charge in [0.15, 0.2) is 0 Å². The van der Waals surface area contributed by atoms with Crippen LogP contribution >= 0.6 is 0 Å². The third-order valence-corrected chi connectivity index (χ3v) is 3.22. The molecule has 0 bridgehead atoms. The van der Waals surface area contributed by atoms with Crippen LogP contribution in [0.4, 0.5) is 0 Å². The molecule has 1 unspecified atom stereocenters. The molecule has 1 aromatic heterocycles. The molecule has 96 valence electrons. The normalized spacial score (nSPS) is 12.6. The molecule has 2 rings (SSSR count). The number of hydrazine groups is 1. The predicted molar refractivity (Wildman–Crippen MR) is 72.8 cm³/mol. The van der Waals surface area contributed by atoms with Crippen LogP contribution in [0.15, 0.2) is 36.7 Å². The summed E-state index contributed by atoms with van der Waals surface area (Å²) in [4.78, 5) is 4.33. The Morgan fingerprint density at radius 3 is 2.89 bits per heavy atom. The average Bonchev–Trinajstić information content (AvgIpc) is 2.76. The third-order valence-electron chi connectivity index (χ3n) is 3.22. The molecule has 1 aromatic carbocycles. The first-order valence-corrected chi connectivity index (χ1v) is 6.19. The molecule has 4 heteroatoms. The fourth-order valence-corrected chi connectivity index (χ4v) is 2.14. The molecule has 18 heavy (non-hydrogen) atoms. The van der Waals surface area contributed by atoms with Crippen LogP contribution < -0.4 is 11.3 Å². The number of imidazole rings is 1. The molecule has 0 fully saturated rings. The van der Waals surface area contributed by atoms with E-state index in [1.54, 1.807) is 0 Å². The Labute approximate surface area is 108 Å². The Hall–Kier alpha value is -1.65. The molecular formula is C14H20N4. The fourth-order valence-electron chi connectivity index (χ4n) is 2.14. The van der Waals surface area contributed by atoms with Crippen LogP contribution in [0.5, 0.6) is 0 Å². The summed E-state index contributed by atoms with van der Waals surface area (Å²) in [5.74, 6) is 6.74. The summed E-state index contributed by atoms with van der Waals surface area (Å²) in [7, 11) is 2.01. The van der Waals surface area contributed by atoms with E-state index < -0.39 is 0 Å². The van der Waals surface area contributed by atoms with E-state index in [-0.39, 0.29) is 6.04 Å². The number of hydrogen-bond acceptors (Lipinski definition) is 3. The van der Waals surface area contributed by atoms with E-state index in [1.165, 1.54) is 11.1 Å². The van der Waals surface area contributed by atoms with Crippen molar-refractivity contribution in [1.82, 2.24) is 15.0 Å². The number of benzene rings is 1. The van der Waals surface area contributed by atoms with Gasteiger partial charge in [0.2, 0.25) is 0 Å². The minimum atomic E-state index is 0.168. The van der Waals surface area contributed by atoms with Gasteiger partial charge >= 0.3 is 0 Å². The van der Waals surface area contributed by atoms with Crippen molar-refractivity contribution in [3.05, 3.63) is 53.6 Å². The van der Waals surface area contributed by atoms with E-state index >= 15 is 0 Å². The van der Waals surface area contributed by atoms with E-state index in [0.717, 1.165) is 18.7 Å². The quantitative estimate of drug-likeness (QED) is 0.623. The van der Waals surface area contributed by atoms with Crippen molar-refractivity contribution >= 4 is 0 Å². The monoisotopic (exact) mass is 244 g/mol. The van der Waals surface area contributed by atoms with Gasteiger partial charge in [-0.25, -0.2) is 4.98 Å². The fraction of sp³-hybridized carbons (Fsp3) is 0.357. The van der Waals surface area contributed by atoms with Crippen LogP contribution in [0.1, 0.15) is 29.4 Å². The molecular weight excluding hydrogens is 224 g/mol. The zero-order chi connectivity index (χ0) is 13.0. The van der Waals surface area contributed by atoms with Gasteiger partial charge in [-0.05, 0) is 18.9 Å². The maximum Gasteiger partial charge on any atom is 0.108 e. The summed E-state index contributed by atoms with van der Waals surface area (Å²) in [6, 6.07) is 8.60. The van der Waals surface area contributed by atoms with Crippen LogP contribution in [0.25, 0.3) is 0 Å². The maximum atomic E-state index is 5.66. The van der Waals surface area contributed by atoms with Crippen molar-refractivity contribution in [1.29, 1.82) is 0 Å². The predicted octanol–water partition coefficient (Wildman–Crippen LogP) is 1.87. The lowest BCUT2D eigenvalue weighted by atomic mass is 10.0. The minimum absolute atomic E-state index is 0.168. The second kappa shape index (κ2) is 5.80. The zero-order valence-corrected chi connectivity index (χ0v) is 10.9. The van der Waals surface area contributed by atoms with Crippen LogP contribution in [-0.4, -0.2) is 9.55 Å². The number of rotatable bonds is 5. The summed E-state index contributed by atoms with van der Waals surface area (Å²) in [6.07, 6.45) is 5.64. The number of nitrogens with two attached hydrogens (primary N) is 1. The third kappa shape index (κ3) is 2.97. The smallest absolute Gasteiger partial charge is 0.108 e. The SMILES string of the molecule is Cc1cccc(C(CCc2nccn2C)NN)c1. The second-order valence-electron chi connectivity index (χ2n) is 4.63. The Morgan fingerprint density at radius 1 is 1.44 bits per heavy atom. The Morgan fingerprint density at radius 2 is 2.28 bits per heavy atom. The molecule has 0 aliphatic carbocycles. The average molecular weight is 244 g/mol. The van der Waals surface area contributed by atoms with Crippen LogP contribution in [0.3, 0.4) is 0 Å². The molecule has 0 saturated carbocycles. The first-order chi connectivity index (χ1) is 8.70. The van der Waals surface area contributed by atoms with Crippen LogP contribution in [-0.2, 0) is 13.5 Å². The molecule has 0 spiro atoms. The van der Waals surface area contributed by atoms with Gasteiger partial charge in [0, 0.05) is 31.9 Å². The largest absolute Gasteiger partial charge is 0.338 e. The highest BCUT2D eigenvalue weighted by Crippen LogP contribution is 2.18. The summed E-state index contributed by atoms with van der Waals surface area (Å²) in [5, 5.41) is 0. The lowest BCUT2D eigenvalue weighted by molar-refractivity contribution is 0.506. The summed E-state index contributed by atoms with van der Waals surface area (Å²) < 4.78 is 2.05. The van der Waals surface area contributed by atoms with Gasteiger partial charge in [-0.2, -0.15) is 0 Å². The van der Waals surface area contributed by atoms with Crippen molar-refractivity contribution in [2.24, 2.45) is 12.9 Å². The van der Waals surface area contributed by atoms with Crippen LogP contribution in [0, 0.1) is 6.92 Å². The number of nitrogens with one attached hydrogen (secondary N) is 1. The minimum Gasteiger partial charge on any atom is -0.338 e. The number of hydrogen-bond donors (Lipinski definition) is 2. The highest BCUT2D eigenvalue weighted by atomic mass is 15.2. The van der Waals surface area contributed by atoms with E-state index in [0.29, 0.717) is 0 Å². The van der Waals surface area contributed by atoms with Crippen molar-refractivity contribution in [3.8, 4) is 0 Å². The Bertz CT molecular complexity index is 504. The van der Waals surface area contributed by atoms with E-state index in [9.17, 15) is 0 Å². The van der Waals surface area contributed by atoms with Gasteiger partial charge in [0.25, 0.3) is 0 Å². The number of aryl methyl sites for hydroxylation is 3. The molecule has 0 aliphatic rings. The van der Waals surface area contributed by atoms with Gasteiger partial charge in [-0.15, -0.1) is 0 Å². The highest BCUT2D eigenvalue weighted by Gasteiger charge is 2.11. The first kappa shape index (κ1) is 12.8. The highest BCUT2D eigenvalue weighted by molar-refractivity contribution is 5.25. The zero-order valence-electron chi connectivity index (χ0n) is 10.9. The summed E-state index contributed by atoms with van der Waals surface area (Å²) >= 11 is 0. The van der Waals surface area contributed by atoms with Crippen molar-refractivity contribution in [3.63, 3.8) is 0 Å². The number of nitrogens with zero attached hydrogens (tertiary/aromatic N) is 2. The standard InChI is InChI=1S/C14H20N4/c1-11-4-3-5-12(10-11)13(17-15)6-7-14-16-8-9-18(14)2/h3-5,8-10,13,17H,6-7,15H2,1-2H3. The lowest BCUT2D eigenvalue weighted by Gasteiger charge is -2.16. The first-order valence-electron chi connectivity index (χ1n) is 6.19. The van der Waals surface area contributed by atoms with Crippen molar-refractivity contribution in [2.75, 3.05) is 0 Å². The second-order valence-corrected chi connectivity index (χ2v) is 4.63. The Kier molecular flexibility index (Phi) is 4.12. The van der Waals surface area contributed by atoms with Crippen molar-refractivity contribution < 1.29 is 0 Å². The summed E-state index contributed by atoms with van der Waals surface area (Å²) in [5.41, 5.74) is 5.37. The number of aromatic nitrogens is 2. The van der Waals surface area contributed by atoms with E-state index in [4.69, 9.17) is 5.84 Å². The molecule has 3 N–H and O–H groups in total. The molecule has 4 nitrogen and oxygen atoms in total. The lowest BCUT2D eigenvalue weighted by Crippen LogP contribution is -2.28. The maximum absolute atomic E-state index is 5.66.